The van der Waals surface area contributed by atoms with Crippen molar-refractivity contribution in [3.8, 4) is 5.69 Å². The molecule has 2 aromatic rings. The number of nitrogens with zero attached hydrogens (tertiary/aromatic N) is 3. The van der Waals surface area contributed by atoms with Crippen LogP contribution >= 0.6 is 0 Å². The van der Waals surface area contributed by atoms with Crippen molar-refractivity contribution in [1.82, 2.24) is 14.7 Å². The van der Waals surface area contributed by atoms with Crippen molar-refractivity contribution >= 4 is 0 Å². The van der Waals surface area contributed by atoms with Gasteiger partial charge in [-0.05, 0) is 43.7 Å². The Labute approximate surface area is 124 Å². The predicted molar refractivity (Wildman–Crippen MR) is 78.8 cm³/mol. The fraction of sp³-hybridized carbons (Fsp3) is 0.438. The van der Waals surface area contributed by atoms with Crippen molar-refractivity contribution in [3.63, 3.8) is 0 Å². The fourth-order valence-electron chi connectivity index (χ4n) is 2.97. The molecule has 0 radical (unpaired) electrons. The van der Waals surface area contributed by atoms with Gasteiger partial charge in [0.1, 0.15) is 5.82 Å². The molecule has 3 rings (SSSR count). The highest BCUT2D eigenvalue weighted by molar-refractivity contribution is 5.40. The maximum Gasteiger partial charge on any atom is 0.123 e. The third kappa shape index (κ3) is 3.31. The second-order valence-corrected chi connectivity index (χ2v) is 5.68. The molecule has 21 heavy (non-hydrogen) atoms. The van der Waals surface area contributed by atoms with Crippen molar-refractivity contribution in [2.75, 3.05) is 13.1 Å². The first kappa shape index (κ1) is 14.2. The lowest BCUT2D eigenvalue weighted by Crippen LogP contribution is -2.44. The van der Waals surface area contributed by atoms with Gasteiger partial charge < -0.3 is 4.74 Å². The highest BCUT2D eigenvalue weighted by atomic mass is 19.1. The van der Waals surface area contributed by atoms with E-state index in [0.29, 0.717) is 6.54 Å². The fourth-order valence-corrected chi connectivity index (χ4v) is 2.97. The molecule has 1 aliphatic heterocycles. The van der Waals surface area contributed by atoms with Gasteiger partial charge in [0, 0.05) is 32.0 Å². The molecule has 2 heterocycles. The lowest BCUT2D eigenvalue weighted by Gasteiger charge is -2.35. The molecule has 1 aromatic carbocycles. The molecule has 1 fully saturated rings. The minimum Gasteiger partial charge on any atom is -0.373 e. The topological polar surface area (TPSA) is 30.3 Å². The summed E-state index contributed by atoms with van der Waals surface area (Å²) in [6.45, 7) is 6.56. The molecule has 112 valence electrons. The van der Waals surface area contributed by atoms with Crippen LogP contribution in [0.1, 0.15) is 19.4 Å². The summed E-state index contributed by atoms with van der Waals surface area (Å²) in [5, 5.41) is 4.25. The Kier molecular flexibility index (Phi) is 4.03. The molecule has 2 unspecified atom stereocenters. The quantitative estimate of drug-likeness (QED) is 0.870. The monoisotopic (exact) mass is 289 g/mol. The summed E-state index contributed by atoms with van der Waals surface area (Å²) in [5.74, 6) is -0.213. The highest BCUT2D eigenvalue weighted by Crippen LogP contribution is 2.20. The molecule has 0 spiro atoms. The van der Waals surface area contributed by atoms with Gasteiger partial charge in [-0.2, -0.15) is 5.10 Å². The van der Waals surface area contributed by atoms with Crippen LogP contribution in [0.2, 0.25) is 0 Å². The van der Waals surface area contributed by atoms with Crippen LogP contribution in [0, 0.1) is 5.82 Å². The van der Waals surface area contributed by atoms with E-state index in [9.17, 15) is 4.39 Å². The van der Waals surface area contributed by atoms with Crippen LogP contribution in [-0.2, 0) is 11.3 Å². The van der Waals surface area contributed by atoms with E-state index >= 15 is 0 Å². The molecule has 1 aliphatic rings. The smallest absolute Gasteiger partial charge is 0.123 e. The van der Waals surface area contributed by atoms with Gasteiger partial charge in [0.05, 0.1) is 17.9 Å². The van der Waals surface area contributed by atoms with Gasteiger partial charge >= 0.3 is 0 Å². The van der Waals surface area contributed by atoms with Crippen molar-refractivity contribution in [3.05, 3.63) is 48.0 Å². The molecule has 2 atom stereocenters. The maximum atomic E-state index is 13.6. The van der Waals surface area contributed by atoms with E-state index in [4.69, 9.17) is 4.74 Å². The maximum absolute atomic E-state index is 13.6. The number of benzene rings is 1. The minimum atomic E-state index is -0.213. The van der Waals surface area contributed by atoms with Gasteiger partial charge in [0.15, 0.2) is 0 Å². The first-order valence-corrected chi connectivity index (χ1v) is 7.28. The van der Waals surface area contributed by atoms with E-state index in [-0.39, 0.29) is 18.0 Å². The lowest BCUT2D eigenvalue weighted by atomic mass is 10.1. The third-order valence-electron chi connectivity index (χ3n) is 3.68. The molecule has 4 nitrogen and oxygen atoms in total. The molecular weight excluding hydrogens is 269 g/mol. The standard InChI is InChI=1S/C16H20FN3O/c1-12-9-19(10-13(2)21-12)11-14-8-15(17)4-5-16(14)20-7-3-6-18-20/h3-8,12-13H,9-11H2,1-2H3. The minimum absolute atomic E-state index is 0.204. The summed E-state index contributed by atoms with van der Waals surface area (Å²) >= 11 is 0. The van der Waals surface area contributed by atoms with Crippen LogP contribution in [0.5, 0.6) is 0 Å². The first-order chi connectivity index (χ1) is 10.1. The van der Waals surface area contributed by atoms with E-state index in [2.05, 4.69) is 23.8 Å². The summed E-state index contributed by atoms with van der Waals surface area (Å²) < 4.78 is 21.2. The summed E-state index contributed by atoms with van der Waals surface area (Å²) in [7, 11) is 0. The summed E-state index contributed by atoms with van der Waals surface area (Å²) in [5.41, 5.74) is 1.87. The zero-order valence-electron chi connectivity index (χ0n) is 12.4. The van der Waals surface area contributed by atoms with Gasteiger partial charge in [-0.15, -0.1) is 0 Å². The molecule has 1 saturated heterocycles. The van der Waals surface area contributed by atoms with E-state index in [1.807, 2.05) is 12.3 Å². The van der Waals surface area contributed by atoms with Gasteiger partial charge in [-0.3, -0.25) is 4.90 Å². The Hall–Kier alpha value is -1.72. The summed E-state index contributed by atoms with van der Waals surface area (Å²) in [4.78, 5) is 2.31. The Balaban J connectivity index is 1.86. The molecule has 0 saturated carbocycles. The SMILES string of the molecule is CC1CN(Cc2cc(F)ccc2-n2cccn2)CC(C)O1. The average molecular weight is 289 g/mol. The van der Waals surface area contributed by atoms with E-state index in [1.54, 1.807) is 23.0 Å². The van der Waals surface area contributed by atoms with E-state index < -0.39 is 0 Å². The second-order valence-electron chi connectivity index (χ2n) is 5.68. The van der Waals surface area contributed by atoms with Crippen LogP contribution in [0.4, 0.5) is 4.39 Å². The van der Waals surface area contributed by atoms with E-state index in [1.165, 1.54) is 6.07 Å². The highest BCUT2D eigenvalue weighted by Gasteiger charge is 2.23. The average Bonchev–Trinajstić information content (AvgIpc) is 2.91. The second kappa shape index (κ2) is 5.95. The Morgan fingerprint density at radius 3 is 2.71 bits per heavy atom. The van der Waals surface area contributed by atoms with Gasteiger partial charge in [0.2, 0.25) is 0 Å². The zero-order valence-corrected chi connectivity index (χ0v) is 12.4. The molecule has 0 amide bonds. The van der Waals surface area contributed by atoms with Crippen LogP contribution in [0.25, 0.3) is 5.69 Å². The predicted octanol–water partition coefficient (Wildman–Crippen LogP) is 2.62. The number of hydrogen-bond acceptors (Lipinski definition) is 3. The Bertz CT molecular complexity index is 590. The zero-order chi connectivity index (χ0) is 14.8. The molecule has 0 aliphatic carbocycles. The van der Waals surface area contributed by atoms with Gasteiger partial charge in [-0.25, -0.2) is 9.07 Å². The van der Waals surface area contributed by atoms with Gasteiger partial charge in [-0.1, -0.05) is 0 Å². The van der Waals surface area contributed by atoms with Gasteiger partial charge in [0.25, 0.3) is 0 Å². The first-order valence-electron chi connectivity index (χ1n) is 7.28. The molecule has 0 bridgehead atoms. The number of ether oxygens (including phenoxy) is 1. The molecule has 0 N–H and O–H groups in total. The van der Waals surface area contributed by atoms with Crippen LogP contribution in [-0.4, -0.2) is 40.0 Å². The summed E-state index contributed by atoms with van der Waals surface area (Å²) in [6.07, 6.45) is 4.01. The normalized spacial score (nSPS) is 23.4. The number of hydrogen-bond donors (Lipinski definition) is 0. The largest absolute Gasteiger partial charge is 0.373 e. The molecular formula is C16H20FN3O. The van der Waals surface area contributed by atoms with Crippen LogP contribution in [0.15, 0.2) is 36.7 Å². The number of aromatic nitrogens is 2. The van der Waals surface area contributed by atoms with Crippen LogP contribution < -0.4 is 0 Å². The third-order valence-corrected chi connectivity index (χ3v) is 3.68. The van der Waals surface area contributed by atoms with Crippen molar-refractivity contribution < 1.29 is 9.13 Å². The van der Waals surface area contributed by atoms with Crippen molar-refractivity contribution in [2.24, 2.45) is 0 Å². The molecule has 1 aromatic heterocycles. The molecule has 5 heteroatoms. The van der Waals surface area contributed by atoms with Crippen LogP contribution in [0.3, 0.4) is 0 Å². The van der Waals surface area contributed by atoms with Crippen molar-refractivity contribution in [1.29, 1.82) is 0 Å². The Morgan fingerprint density at radius 1 is 1.29 bits per heavy atom. The number of rotatable bonds is 3. The number of morpholine rings is 1. The Morgan fingerprint density at radius 2 is 2.05 bits per heavy atom. The number of halogens is 1. The van der Waals surface area contributed by atoms with E-state index in [0.717, 1.165) is 24.3 Å². The lowest BCUT2D eigenvalue weighted by molar-refractivity contribution is -0.0705. The summed E-state index contributed by atoms with van der Waals surface area (Å²) in [6, 6.07) is 6.73. The van der Waals surface area contributed by atoms with Crippen molar-refractivity contribution in [2.45, 2.75) is 32.6 Å².